The van der Waals surface area contributed by atoms with Gasteiger partial charge in [-0.05, 0) is 23.8 Å². The summed E-state index contributed by atoms with van der Waals surface area (Å²) >= 11 is 1.74. The van der Waals surface area contributed by atoms with Gasteiger partial charge >= 0.3 is 0 Å². The summed E-state index contributed by atoms with van der Waals surface area (Å²) in [6, 6.07) is 46.2. The fourth-order valence-electron chi connectivity index (χ4n) is 6.03. The Morgan fingerprint density at radius 3 is 2.05 bits per heavy atom. The molecule has 0 saturated carbocycles. The van der Waals surface area contributed by atoms with Crippen molar-refractivity contribution in [3.8, 4) is 5.75 Å². The minimum atomic E-state index is -1.13. The van der Waals surface area contributed by atoms with Crippen molar-refractivity contribution in [1.82, 2.24) is 0 Å². The molecule has 5 heteroatoms. The number of rotatable bonds is 5. The number of carbonyl (C=O) groups is 1. The average molecular weight is 568 g/mol. The molecule has 2 aliphatic heterocycles. The van der Waals surface area contributed by atoms with Crippen LogP contribution in [-0.2, 0) is 15.3 Å². The molecule has 0 radical (unpaired) electrons. The molecule has 0 aromatic heterocycles. The van der Waals surface area contributed by atoms with Gasteiger partial charge < -0.3 is 9.47 Å². The summed E-state index contributed by atoms with van der Waals surface area (Å²) in [4.78, 5) is 18.1. The van der Waals surface area contributed by atoms with E-state index in [-0.39, 0.29) is 11.2 Å². The van der Waals surface area contributed by atoms with Gasteiger partial charge in [0.25, 0.3) is 5.91 Å². The number of nitrogens with zero attached hydrogens (tertiary/aromatic N) is 1. The molecule has 7 rings (SSSR count). The van der Waals surface area contributed by atoms with Gasteiger partial charge in [0.15, 0.2) is 0 Å². The molecule has 0 saturated heterocycles. The third-order valence-corrected chi connectivity index (χ3v) is 9.23. The number of ether oxygens (including phenoxy) is 2. The van der Waals surface area contributed by atoms with Gasteiger partial charge in [-0.3, -0.25) is 9.69 Å². The number of benzene rings is 5. The predicted molar refractivity (Wildman–Crippen MR) is 169 cm³/mol. The molecule has 2 aliphatic rings. The monoisotopic (exact) mass is 567 g/mol. The standard InChI is InChI=1S/C37H29NO3S/c1-40-31-23-13-11-21-29(31)33-25-37(28-19-9-4-10-20-28)38(30-22-12-14-24-32(30)42-33)36(39)34(26-15-5-2-6-16-26)35(41-37)27-17-7-3-8-18-27/h2-24,33H,25H2,1H3/t33-,37+/m0/s1. The highest BCUT2D eigenvalue weighted by Crippen LogP contribution is 2.58. The van der Waals surface area contributed by atoms with Crippen LogP contribution in [0.2, 0.25) is 0 Å². The Labute approximate surface area is 250 Å². The Balaban J connectivity index is 1.55. The topological polar surface area (TPSA) is 38.8 Å². The molecule has 0 bridgehead atoms. The predicted octanol–water partition coefficient (Wildman–Crippen LogP) is 8.72. The largest absolute Gasteiger partial charge is 0.496 e. The number of carbonyl (C=O) groups excluding carboxylic acids is 1. The van der Waals surface area contributed by atoms with Crippen LogP contribution in [0.15, 0.2) is 144 Å². The highest BCUT2D eigenvalue weighted by atomic mass is 32.2. The second kappa shape index (κ2) is 10.9. The molecule has 0 N–H and O–H groups in total. The number of methoxy groups -OCH3 is 1. The zero-order chi connectivity index (χ0) is 28.5. The van der Waals surface area contributed by atoms with Gasteiger partial charge in [-0.25, -0.2) is 0 Å². The normalized spacial score (nSPS) is 19.8. The molecule has 2 heterocycles. The zero-order valence-electron chi connectivity index (χ0n) is 23.1. The highest BCUT2D eigenvalue weighted by Gasteiger charge is 2.54. The molecule has 42 heavy (non-hydrogen) atoms. The molecule has 5 aromatic carbocycles. The summed E-state index contributed by atoms with van der Waals surface area (Å²) < 4.78 is 13.2. The van der Waals surface area contributed by atoms with E-state index in [9.17, 15) is 0 Å². The van der Waals surface area contributed by atoms with Crippen molar-refractivity contribution in [2.24, 2.45) is 0 Å². The Kier molecular flexibility index (Phi) is 6.80. The van der Waals surface area contributed by atoms with Crippen LogP contribution in [0, 0.1) is 0 Å². The molecule has 206 valence electrons. The maximum Gasteiger partial charge on any atom is 0.266 e. The van der Waals surface area contributed by atoms with E-state index in [0.29, 0.717) is 17.8 Å². The van der Waals surface area contributed by atoms with E-state index in [1.165, 1.54) is 0 Å². The van der Waals surface area contributed by atoms with E-state index < -0.39 is 5.72 Å². The van der Waals surface area contributed by atoms with Crippen LogP contribution in [-0.4, -0.2) is 13.0 Å². The molecule has 5 aromatic rings. The summed E-state index contributed by atoms with van der Waals surface area (Å²) in [6.45, 7) is 0. The summed E-state index contributed by atoms with van der Waals surface area (Å²) in [5.74, 6) is 1.30. The first-order valence-corrected chi connectivity index (χ1v) is 14.9. The summed E-state index contributed by atoms with van der Waals surface area (Å²) in [5.41, 5.74) is 3.89. The van der Waals surface area contributed by atoms with Crippen LogP contribution in [0.4, 0.5) is 5.69 Å². The second-order valence-corrected chi connectivity index (χ2v) is 11.6. The van der Waals surface area contributed by atoms with E-state index in [2.05, 4.69) is 24.3 Å². The number of thioether (sulfide) groups is 1. The fourth-order valence-corrected chi connectivity index (χ4v) is 7.40. The zero-order valence-corrected chi connectivity index (χ0v) is 24.0. The van der Waals surface area contributed by atoms with Gasteiger partial charge in [0.2, 0.25) is 5.72 Å². The molecule has 0 fully saturated rings. The van der Waals surface area contributed by atoms with Gasteiger partial charge in [-0.2, -0.15) is 0 Å². The van der Waals surface area contributed by atoms with Crippen molar-refractivity contribution in [2.45, 2.75) is 22.3 Å². The summed E-state index contributed by atoms with van der Waals surface area (Å²) in [6.07, 6.45) is 0.501. The number of anilines is 1. The molecule has 1 amide bonds. The van der Waals surface area contributed by atoms with Crippen LogP contribution in [0.5, 0.6) is 5.75 Å². The van der Waals surface area contributed by atoms with Gasteiger partial charge in [0, 0.05) is 33.3 Å². The minimum Gasteiger partial charge on any atom is -0.496 e. The first-order valence-electron chi connectivity index (χ1n) is 14.0. The Bertz CT molecular complexity index is 1770. The number of hydrogen-bond donors (Lipinski definition) is 0. The third-order valence-electron chi connectivity index (χ3n) is 7.92. The lowest BCUT2D eigenvalue weighted by Crippen LogP contribution is -2.55. The lowest BCUT2D eigenvalue weighted by Gasteiger charge is -2.48. The minimum absolute atomic E-state index is 0.0735. The average Bonchev–Trinajstić information content (AvgIpc) is 3.21. The second-order valence-electron chi connectivity index (χ2n) is 10.3. The smallest absolute Gasteiger partial charge is 0.266 e. The van der Waals surface area contributed by atoms with Gasteiger partial charge in [0.05, 0.1) is 18.4 Å². The van der Waals surface area contributed by atoms with E-state index >= 15 is 4.79 Å². The van der Waals surface area contributed by atoms with E-state index in [1.54, 1.807) is 18.9 Å². The van der Waals surface area contributed by atoms with E-state index in [4.69, 9.17) is 9.47 Å². The Morgan fingerprint density at radius 2 is 1.33 bits per heavy atom. The Morgan fingerprint density at radius 1 is 0.738 bits per heavy atom. The molecule has 0 spiro atoms. The van der Waals surface area contributed by atoms with Crippen molar-refractivity contribution in [3.05, 3.63) is 162 Å². The molecule has 2 atom stereocenters. The molecule has 0 aliphatic carbocycles. The lowest BCUT2D eigenvalue weighted by atomic mass is 9.87. The Hall–Kier alpha value is -4.74. The molecular weight excluding hydrogens is 538 g/mol. The van der Waals surface area contributed by atoms with Gasteiger partial charge in [-0.1, -0.05) is 121 Å². The van der Waals surface area contributed by atoms with Crippen molar-refractivity contribution < 1.29 is 14.3 Å². The first kappa shape index (κ1) is 26.2. The van der Waals surface area contributed by atoms with Crippen LogP contribution >= 0.6 is 11.8 Å². The quantitative estimate of drug-likeness (QED) is 0.213. The highest BCUT2D eigenvalue weighted by molar-refractivity contribution is 7.99. The maximum atomic E-state index is 15.2. The van der Waals surface area contributed by atoms with E-state index in [1.807, 2.05) is 120 Å². The SMILES string of the molecule is COc1ccccc1[C@@H]1C[C@]2(c3ccccc3)OC(c3ccccc3)=C(c3ccccc3)C(=O)N2c2ccccc2S1. The maximum absolute atomic E-state index is 15.2. The van der Waals surface area contributed by atoms with Crippen LogP contribution in [0.25, 0.3) is 11.3 Å². The fraction of sp³-hybridized carbons (Fsp3) is 0.108. The number of fused-ring (bicyclic) bond motifs is 3. The van der Waals surface area contributed by atoms with Crippen LogP contribution < -0.4 is 9.64 Å². The molecular formula is C37H29NO3S. The number of para-hydroxylation sites is 2. The van der Waals surface area contributed by atoms with E-state index in [0.717, 1.165) is 38.6 Å². The van der Waals surface area contributed by atoms with Gasteiger partial charge in [0.1, 0.15) is 11.5 Å². The molecule has 4 nitrogen and oxygen atoms in total. The number of hydrogen-bond acceptors (Lipinski definition) is 4. The van der Waals surface area contributed by atoms with Crippen molar-refractivity contribution in [3.63, 3.8) is 0 Å². The van der Waals surface area contributed by atoms with Gasteiger partial charge in [-0.15, -0.1) is 11.8 Å². The lowest BCUT2D eigenvalue weighted by molar-refractivity contribution is -0.120. The number of amides is 1. The van der Waals surface area contributed by atoms with Crippen molar-refractivity contribution in [2.75, 3.05) is 12.0 Å². The van der Waals surface area contributed by atoms with Crippen molar-refractivity contribution in [1.29, 1.82) is 0 Å². The third kappa shape index (κ3) is 4.38. The molecule has 0 unspecified atom stereocenters. The van der Waals surface area contributed by atoms with Crippen molar-refractivity contribution >= 4 is 34.7 Å². The van der Waals surface area contributed by atoms with Crippen LogP contribution in [0.1, 0.15) is 33.9 Å². The summed E-state index contributed by atoms with van der Waals surface area (Å²) in [7, 11) is 1.70. The summed E-state index contributed by atoms with van der Waals surface area (Å²) in [5, 5.41) is -0.0735. The first-order chi connectivity index (χ1) is 20.7. The van der Waals surface area contributed by atoms with Crippen LogP contribution in [0.3, 0.4) is 0 Å².